The second kappa shape index (κ2) is 10.7. The molecular formula is C25H36O6. The molecular weight excluding hydrogens is 396 g/mol. The van der Waals surface area contributed by atoms with Gasteiger partial charge in [-0.3, -0.25) is 4.79 Å². The van der Waals surface area contributed by atoms with Crippen LogP contribution in [0.15, 0.2) is 24.3 Å². The summed E-state index contributed by atoms with van der Waals surface area (Å²) in [6.45, 7) is 3.64. The van der Waals surface area contributed by atoms with E-state index in [0.717, 1.165) is 36.8 Å². The summed E-state index contributed by atoms with van der Waals surface area (Å²) in [6.07, 6.45) is 5.47. The first kappa shape index (κ1) is 23.9. The Bertz CT molecular complexity index is 782. The van der Waals surface area contributed by atoms with Gasteiger partial charge in [0, 0.05) is 5.92 Å². The Balaban J connectivity index is 1.99. The number of carbonyl (C=O) groups excluding carboxylic acids is 1. The number of carbonyl (C=O) groups is 1. The molecule has 0 aromatic heterocycles. The number of ketones is 1. The van der Waals surface area contributed by atoms with E-state index < -0.39 is 30.4 Å². The van der Waals surface area contributed by atoms with Crippen molar-refractivity contribution in [2.75, 3.05) is 0 Å². The van der Waals surface area contributed by atoms with Gasteiger partial charge in [-0.1, -0.05) is 38.3 Å². The number of phenols is 1. The Kier molecular flexibility index (Phi) is 8.28. The highest BCUT2D eigenvalue weighted by molar-refractivity contribution is 5.93. The molecule has 6 nitrogen and oxygen atoms in total. The summed E-state index contributed by atoms with van der Waals surface area (Å²) in [4.78, 5) is 12.2. The van der Waals surface area contributed by atoms with Crippen LogP contribution in [0.1, 0.15) is 87.7 Å². The van der Waals surface area contributed by atoms with Gasteiger partial charge in [0.05, 0.1) is 17.8 Å². The number of hydrogen-bond acceptors (Lipinski definition) is 6. The van der Waals surface area contributed by atoms with E-state index in [4.69, 9.17) is 4.74 Å². The molecule has 4 N–H and O–H groups in total. The van der Waals surface area contributed by atoms with E-state index >= 15 is 0 Å². The lowest BCUT2D eigenvalue weighted by Gasteiger charge is -2.29. The van der Waals surface area contributed by atoms with Gasteiger partial charge in [0.25, 0.3) is 0 Å². The molecule has 1 aliphatic heterocycles. The lowest BCUT2D eigenvalue weighted by Crippen LogP contribution is -2.33. The minimum Gasteiger partial charge on any atom is -0.507 e. The van der Waals surface area contributed by atoms with Crippen LogP contribution in [0, 0.1) is 5.92 Å². The molecule has 172 valence electrons. The largest absolute Gasteiger partial charge is 0.507 e. The zero-order valence-electron chi connectivity index (χ0n) is 18.5. The van der Waals surface area contributed by atoms with E-state index in [2.05, 4.69) is 0 Å². The minimum atomic E-state index is -1.46. The maximum Gasteiger partial charge on any atom is 0.186 e. The second-order valence-electron chi connectivity index (χ2n) is 9.12. The van der Waals surface area contributed by atoms with E-state index in [1.807, 2.05) is 13.0 Å². The van der Waals surface area contributed by atoms with Crippen molar-refractivity contribution in [3.63, 3.8) is 0 Å². The molecule has 1 aromatic rings. The molecule has 1 fully saturated rings. The molecule has 1 heterocycles. The molecule has 0 bridgehead atoms. The molecule has 1 saturated carbocycles. The van der Waals surface area contributed by atoms with Crippen molar-refractivity contribution in [1.29, 1.82) is 0 Å². The molecule has 0 spiro atoms. The number of phenolic OH excluding ortho intramolecular Hbond substituents is 1. The summed E-state index contributed by atoms with van der Waals surface area (Å²) in [5, 5.41) is 42.1. The van der Waals surface area contributed by atoms with E-state index in [1.165, 1.54) is 12.5 Å². The summed E-state index contributed by atoms with van der Waals surface area (Å²) >= 11 is 0. The number of aromatic hydroxyl groups is 1. The maximum atomic E-state index is 12.2. The third-order valence-corrected chi connectivity index (χ3v) is 6.89. The highest BCUT2D eigenvalue weighted by atomic mass is 16.6. The zero-order valence-corrected chi connectivity index (χ0v) is 18.5. The van der Waals surface area contributed by atoms with Crippen LogP contribution in [-0.4, -0.2) is 44.5 Å². The summed E-state index contributed by atoms with van der Waals surface area (Å²) in [5.41, 5.74) is 2.38. The summed E-state index contributed by atoms with van der Waals surface area (Å²) in [7, 11) is 0. The van der Waals surface area contributed by atoms with Crippen LogP contribution < -0.4 is 0 Å². The average Bonchev–Trinajstić information content (AvgIpc) is 2.76. The predicted molar refractivity (Wildman–Crippen MR) is 118 cm³/mol. The van der Waals surface area contributed by atoms with E-state index in [1.54, 1.807) is 19.1 Å². The van der Waals surface area contributed by atoms with Crippen LogP contribution in [0.3, 0.4) is 0 Å². The fourth-order valence-corrected chi connectivity index (χ4v) is 4.75. The Morgan fingerprint density at radius 3 is 2.39 bits per heavy atom. The Morgan fingerprint density at radius 2 is 1.68 bits per heavy atom. The van der Waals surface area contributed by atoms with Crippen LogP contribution in [0.25, 0.3) is 0 Å². The summed E-state index contributed by atoms with van der Waals surface area (Å²) in [5.74, 6) is -0.394. The van der Waals surface area contributed by atoms with E-state index in [9.17, 15) is 25.2 Å². The van der Waals surface area contributed by atoms with Gasteiger partial charge in [-0.15, -0.1) is 0 Å². The van der Waals surface area contributed by atoms with Crippen LogP contribution in [-0.2, 0) is 16.0 Å². The van der Waals surface area contributed by atoms with Crippen molar-refractivity contribution >= 4 is 5.78 Å². The third kappa shape index (κ3) is 5.75. The van der Waals surface area contributed by atoms with Crippen molar-refractivity contribution < 1.29 is 30.0 Å². The number of fused-ring (bicyclic) bond motifs is 1. The summed E-state index contributed by atoms with van der Waals surface area (Å²) < 4.78 is 5.86. The molecule has 2 aliphatic rings. The Labute approximate surface area is 184 Å². The van der Waals surface area contributed by atoms with E-state index in [-0.39, 0.29) is 18.1 Å². The van der Waals surface area contributed by atoms with Crippen molar-refractivity contribution in [2.24, 2.45) is 5.92 Å². The Hall–Kier alpha value is -1.73. The topological polar surface area (TPSA) is 107 Å². The van der Waals surface area contributed by atoms with Crippen molar-refractivity contribution in [3.05, 3.63) is 41.0 Å². The number of hydrogen-bond donors (Lipinski definition) is 4. The lowest BCUT2D eigenvalue weighted by molar-refractivity contribution is -0.144. The van der Waals surface area contributed by atoms with Crippen LogP contribution in [0.5, 0.6) is 5.75 Å². The van der Waals surface area contributed by atoms with E-state index in [0.29, 0.717) is 24.3 Å². The maximum absolute atomic E-state index is 12.2. The van der Waals surface area contributed by atoms with Gasteiger partial charge < -0.3 is 25.2 Å². The smallest absolute Gasteiger partial charge is 0.186 e. The SMILES string of the molecule is CC1/C=C\C(=O)C(O)[C@@H](O)CCCc2c(C3CCCCC3)ccc(O)c2C(O)O[C@H]1C. The molecule has 31 heavy (non-hydrogen) atoms. The molecule has 6 heteroatoms. The van der Waals surface area contributed by atoms with Crippen LogP contribution in [0.4, 0.5) is 0 Å². The van der Waals surface area contributed by atoms with Gasteiger partial charge >= 0.3 is 0 Å². The van der Waals surface area contributed by atoms with Gasteiger partial charge in [-0.2, -0.15) is 0 Å². The quantitative estimate of drug-likeness (QED) is 0.540. The predicted octanol–water partition coefficient (Wildman–Crippen LogP) is 3.66. The van der Waals surface area contributed by atoms with Crippen molar-refractivity contribution in [1.82, 2.24) is 0 Å². The molecule has 3 rings (SSSR count). The first-order valence-electron chi connectivity index (χ1n) is 11.6. The normalized spacial score (nSPS) is 32.8. The highest BCUT2D eigenvalue weighted by Crippen LogP contribution is 2.41. The van der Waals surface area contributed by atoms with Crippen molar-refractivity contribution in [2.45, 2.75) is 95.7 Å². The Morgan fingerprint density at radius 1 is 0.968 bits per heavy atom. The number of benzene rings is 1. The van der Waals surface area contributed by atoms with Crippen LogP contribution >= 0.6 is 0 Å². The number of aliphatic hydroxyl groups excluding tert-OH is 3. The number of ether oxygens (including phenoxy) is 1. The molecule has 1 aliphatic carbocycles. The lowest BCUT2D eigenvalue weighted by atomic mass is 9.79. The van der Waals surface area contributed by atoms with Gasteiger partial charge in [-0.25, -0.2) is 0 Å². The van der Waals surface area contributed by atoms with Crippen LogP contribution in [0.2, 0.25) is 0 Å². The monoisotopic (exact) mass is 432 g/mol. The fourth-order valence-electron chi connectivity index (χ4n) is 4.75. The first-order valence-corrected chi connectivity index (χ1v) is 11.6. The molecule has 3 unspecified atom stereocenters. The standard InChI is InChI=1S/C25H36O6/c1-15-11-13-22(28)24(29)21(27)10-6-9-19-18(17-7-4-3-5-8-17)12-14-20(26)23(19)25(30)31-16(15)2/h11-17,21,24-27,29-30H,3-10H2,1-2H3/b13-11-/t15?,16-,21-,24?,25?/m0/s1. The second-order valence-corrected chi connectivity index (χ2v) is 9.12. The van der Waals surface area contributed by atoms with Gasteiger partial charge in [0.15, 0.2) is 12.1 Å². The fraction of sp³-hybridized carbons (Fsp3) is 0.640. The van der Waals surface area contributed by atoms with Gasteiger partial charge in [0.2, 0.25) is 0 Å². The average molecular weight is 433 g/mol. The summed E-state index contributed by atoms with van der Waals surface area (Å²) in [6, 6.07) is 3.59. The first-order chi connectivity index (χ1) is 14.8. The van der Waals surface area contributed by atoms with Gasteiger partial charge in [-0.05, 0) is 68.2 Å². The molecule has 0 saturated heterocycles. The van der Waals surface area contributed by atoms with Crippen molar-refractivity contribution in [3.8, 4) is 5.75 Å². The zero-order chi connectivity index (χ0) is 22.5. The number of rotatable bonds is 1. The minimum absolute atomic E-state index is 0.000287. The third-order valence-electron chi connectivity index (χ3n) is 6.89. The molecule has 0 radical (unpaired) electrons. The highest BCUT2D eigenvalue weighted by Gasteiger charge is 2.29. The van der Waals surface area contributed by atoms with Gasteiger partial charge in [0.1, 0.15) is 11.9 Å². The molecule has 0 amide bonds. The molecule has 1 aromatic carbocycles. The molecule has 5 atom stereocenters. The number of aliphatic hydroxyl groups is 3.